The molecule has 36 heavy (non-hydrogen) atoms. The molecule has 0 spiro atoms. The largest absolute Gasteiger partial charge is 0.419 e. The molecule has 2 heterocycles. The van der Waals surface area contributed by atoms with Crippen LogP contribution in [0.25, 0.3) is 11.5 Å². The number of rotatable bonds is 7. The van der Waals surface area contributed by atoms with Gasteiger partial charge >= 0.3 is 0 Å². The van der Waals surface area contributed by atoms with Crippen molar-refractivity contribution in [2.24, 2.45) is 0 Å². The zero-order valence-corrected chi connectivity index (χ0v) is 21.6. The monoisotopic (exact) mass is 530 g/mol. The highest BCUT2D eigenvalue weighted by Crippen LogP contribution is 2.32. The highest BCUT2D eigenvalue weighted by atomic mass is 35.5. The molecule has 0 radical (unpaired) electrons. The van der Waals surface area contributed by atoms with Crippen molar-refractivity contribution in [2.45, 2.75) is 56.4 Å². The molecule has 3 aromatic rings. The van der Waals surface area contributed by atoms with Crippen molar-refractivity contribution in [1.29, 1.82) is 0 Å². The maximum absolute atomic E-state index is 13.5. The summed E-state index contributed by atoms with van der Waals surface area (Å²) < 4.78 is 39.6. The van der Waals surface area contributed by atoms with E-state index in [9.17, 15) is 13.2 Å². The van der Waals surface area contributed by atoms with Crippen molar-refractivity contribution < 1.29 is 22.4 Å². The Balaban J connectivity index is 1.37. The molecule has 1 saturated carbocycles. The average Bonchev–Trinajstić information content (AvgIpc) is 3.59. The molecule has 2 aromatic carbocycles. The van der Waals surface area contributed by atoms with Crippen molar-refractivity contribution >= 4 is 27.5 Å². The van der Waals surface area contributed by atoms with Crippen molar-refractivity contribution in [3.8, 4) is 11.5 Å². The SMILES string of the molecule is C[C@@H]1CN(S(=O)(=O)c2cccc(C(=O)N(Cc3nnc(-c4ccccc4Cl)o3)C3CC3)c2)C[C@H](C)O1. The van der Waals surface area contributed by atoms with Gasteiger partial charge in [0.15, 0.2) is 0 Å². The van der Waals surface area contributed by atoms with Crippen molar-refractivity contribution in [2.75, 3.05) is 13.1 Å². The predicted molar refractivity (Wildman–Crippen MR) is 133 cm³/mol. The molecule has 2 aliphatic rings. The van der Waals surface area contributed by atoms with E-state index in [4.69, 9.17) is 20.8 Å². The van der Waals surface area contributed by atoms with Gasteiger partial charge in [-0.3, -0.25) is 4.79 Å². The number of sulfonamides is 1. The lowest BCUT2D eigenvalue weighted by molar-refractivity contribution is -0.0440. The number of hydrogen-bond donors (Lipinski definition) is 0. The van der Waals surface area contributed by atoms with E-state index in [1.54, 1.807) is 29.2 Å². The number of halogens is 1. The fourth-order valence-electron chi connectivity index (χ4n) is 4.39. The van der Waals surface area contributed by atoms with Crippen LogP contribution < -0.4 is 0 Å². The molecule has 0 bridgehead atoms. The first kappa shape index (κ1) is 24.9. The molecular weight excluding hydrogens is 504 g/mol. The molecule has 2 fully saturated rings. The molecule has 1 saturated heterocycles. The molecule has 1 aliphatic carbocycles. The number of carbonyl (C=O) groups excluding carboxylic acids is 1. The van der Waals surface area contributed by atoms with Gasteiger partial charge in [0, 0.05) is 24.7 Å². The Labute approximate surface area is 215 Å². The highest BCUT2D eigenvalue weighted by Gasteiger charge is 2.36. The van der Waals surface area contributed by atoms with Gasteiger partial charge in [-0.25, -0.2) is 8.42 Å². The van der Waals surface area contributed by atoms with Crippen LogP contribution in [0.2, 0.25) is 5.02 Å². The third kappa shape index (κ3) is 5.17. The van der Waals surface area contributed by atoms with Gasteiger partial charge in [0.1, 0.15) is 0 Å². The van der Waals surface area contributed by atoms with E-state index in [0.29, 0.717) is 16.1 Å². The molecule has 190 valence electrons. The highest BCUT2D eigenvalue weighted by molar-refractivity contribution is 7.89. The molecule has 11 heteroatoms. The summed E-state index contributed by atoms with van der Waals surface area (Å²) in [4.78, 5) is 15.3. The number of hydrogen-bond acceptors (Lipinski definition) is 7. The Morgan fingerprint density at radius 2 is 1.81 bits per heavy atom. The Bertz CT molecular complexity index is 1360. The van der Waals surface area contributed by atoms with E-state index in [2.05, 4.69) is 10.2 Å². The predicted octanol–water partition coefficient (Wildman–Crippen LogP) is 3.99. The number of nitrogens with zero attached hydrogens (tertiary/aromatic N) is 4. The Kier molecular flexibility index (Phi) is 6.86. The minimum absolute atomic E-state index is 0.0365. The quantitative estimate of drug-likeness (QED) is 0.454. The molecule has 5 rings (SSSR count). The molecule has 9 nitrogen and oxygen atoms in total. The fraction of sp³-hybridized carbons (Fsp3) is 0.400. The Morgan fingerprint density at radius 1 is 1.08 bits per heavy atom. The Morgan fingerprint density at radius 3 is 2.50 bits per heavy atom. The van der Waals surface area contributed by atoms with Crippen molar-refractivity contribution in [3.63, 3.8) is 0 Å². The molecule has 0 unspecified atom stereocenters. The molecule has 1 aromatic heterocycles. The summed E-state index contributed by atoms with van der Waals surface area (Å²) in [6, 6.07) is 13.4. The summed E-state index contributed by atoms with van der Waals surface area (Å²) in [5.74, 6) is 0.279. The lowest BCUT2D eigenvalue weighted by Crippen LogP contribution is -2.48. The van der Waals surface area contributed by atoms with Crippen LogP contribution in [0, 0.1) is 0 Å². The Hall–Kier alpha value is -2.79. The van der Waals surface area contributed by atoms with Gasteiger partial charge in [-0.1, -0.05) is 29.8 Å². The molecular formula is C25H27ClN4O5S. The third-order valence-corrected chi connectivity index (χ3v) is 8.39. The van der Waals surface area contributed by atoms with Crippen LogP contribution in [0.1, 0.15) is 42.9 Å². The molecule has 2 atom stereocenters. The van der Waals surface area contributed by atoms with Gasteiger partial charge in [0.2, 0.25) is 21.8 Å². The number of aromatic nitrogens is 2. The third-order valence-electron chi connectivity index (χ3n) is 6.23. The maximum Gasteiger partial charge on any atom is 0.254 e. The second kappa shape index (κ2) is 9.93. The van der Waals surface area contributed by atoms with Crippen LogP contribution in [0.5, 0.6) is 0 Å². The van der Waals surface area contributed by atoms with E-state index in [1.807, 2.05) is 26.0 Å². The van der Waals surface area contributed by atoms with Gasteiger partial charge in [-0.15, -0.1) is 10.2 Å². The summed E-state index contributed by atoms with van der Waals surface area (Å²) >= 11 is 6.24. The van der Waals surface area contributed by atoms with Crippen LogP contribution in [-0.4, -0.2) is 65.1 Å². The first-order valence-corrected chi connectivity index (χ1v) is 13.7. The van der Waals surface area contributed by atoms with Crippen molar-refractivity contribution in [1.82, 2.24) is 19.4 Å². The number of carbonyl (C=O) groups is 1. The minimum atomic E-state index is -3.78. The second-order valence-corrected chi connectivity index (χ2v) is 11.6. The van der Waals surface area contributed by atoms with Gasteiger partial charge in [-0.2, -0.15) is 4.31 Å². The minimum Gasteiger partial charge on any atom is -0.419 e. The van der Waals surface area contributed by atoms with Gasteiger partial charge in [0.25, 0.3) is 5.91 Å². The number of benzene rings is 2. The second-order valence-electron chi connectivity index (χ2n) is 9.25. The van der Waals surface area contributed by atoms with Crippen LogP contribution in [0.15, 0.2) is 57.8 Å². The summed E-state index contributed by atoms with van der Waals surface area (Å²) in [7, 11) is -3.78. The average molecular weight is 531 g/mol. The van der Waals surface area contributed by atoms with Crippen molar-refractivity contribution in [3.05, 3.63) is 65.0 Å². The van der Waals surface area contributed by atoms with E-state index in [1.165, 1.54) is 16.4 Å². The zero-order valence-electron chi connectivity index (χ0n) is 20.0. The molecule has 1 aliphatic heterocycles. The van der Waals surface area contributed by atoms with E-state index >= 15 is 0 Å². The van der Waals surface area contributed by atoms with Crippen LogP contribution in [0.3, 0.4) is 0 Å². The fourth-order valence-corrected chi connectivity index (χ4v) is 6.24. The topological polar surface area (TPSA) is 106 Å². The maximum atomic E-state index is 13.5. The normalized spacial score (nSPS) is 20.9. The van der Waals surface area contributed by atoms with Gasteiger partial charge in [0.05, 0.1) is 34.2 Å². The smallest absolute Gasteiger partial charge is 0.254 e. The van der Waals surface area contributed by atoms with E-state index in [0.717, 1.165) is 12.8 Å². The number of ether oxygens (including phenoxy) is 1. The number of morpholine rings is 1. The van der Waals surface area contributed by atoms with Gasteiger partial charge < -0.3 is 14.1 Å². The summed E-state index contributed by atoms with van der Waals surface area (Å²) in [6.07, 6.45) is 1.31. The first-order valence-electron chi connectivity index (χ1n) is 11.9. The van der Waals surface area contributed by atoms with E-state index < -0.39 is 10.0 Å². The lowest BCUT2D eigenvalue weighted by atomic mass is 10.2. The van der Waals surface area contributed by atoms with Crippen LogP contribution >= 0.6 is 11.6 Å². The first-order chi connectivity index (χ1) is 17.2. The molecule has 1 amide bonds. The summed E-state index contributed by atoms with van der Waals surface area (Å²) in [5, 5.41) is 8.69. The van der Waals surface area contributed by atoms with Gasteiger partial charge in [-0.05, 0) is 57.0 Å². The van der Waals surface area contributed by atoms with Crippen LogP contribution in [0.4, 0.5) is 0 Å². The summed E-state index contributed by atoms with van der Waals surface area (Å²) in [5.41, 5.74) is 0.912. The summed E-state index contributed by atoms with van der Waals surface area (Å²) in [6.45, 7) is 4.35. The molecule has 0 N–H and O–H groups in total. The standard InChI is InChI=1S/C25H27ClN4O5S/c1-16-13-29(14-17(2)34-16)36(32,33)20-7-5-6-18(12-20)25(31)30(19-10-11-19)15-23-27-28-24(35-23)21-8-3-4-9-22(21)26/h3-9,12,16-17,19H,10-11,13-15H2,1-2H3/t16-,17+. The van der Waals surface area contributed by atoms with Crippen LogP contribution in [-0.2, 0) is 21.3 Å². The number of amides is 1. The zero-order chi connectivity index (χ0) is 25.4. The lowest BCUT2D eigenvalue weighted by Gasteiger charge is -2.34. The van der Waals surface area contributed by atoms with E-state index in [-0.39, 0.29) is 60.5 Å².